The fraction of sp³-hybridized carbons (Fsp3) is 0.409. The number of amides is 1. The number of hydrogen-bond acceptors (Lipinski definition) is 5. The van der Waals surface area contributed by atoms with E-state index in [4.69, 9.17) is 0 Å². The molecule has 1 aliphatic carbocycles. The third kappa shape index (κ3) is 5.98. The zero-order valence-electron chi connectivity index (χ0n) is 16.8. The van der Waals surface area contributed by atoms with Crippen LogP contribution in [-0.2, 0) is 28.3 Å². The Labute approximate surface area is 173 Å². The van der Waals surface area contributed by atoms with Crippen molar-refractivity contribution < 1.29 is 13.2 Å². The van der Waals surface area contributed by atoms with Crippen LogP contribution in [0, 0.1) is 0 Å². The average Bonchev–Trinajstić information content (AvgIpc) is 2.67. The van der Waals surface area contributed by atoms with Crippen LogP contribution < -0.4 is 5.32 Å². The smallest absolute Gasteiger partial charge is 0.311 e. The zero-order chi connectivity index (χ0) is 20.8. The highest BCUT2D eigenvalue weighted by Gasteiger charge is 2.24. The first-order valence-corrected chi connectivity index (χ1v) is 10.9. The van der Waals surface area contributed by atoms with Crippen molar-refractivity contribution in [1.29, 1.82) is 0 Å². The van der Waals surface area contributed by atoms with Gasteiger partial charge in [0.25, 0.3) is 0 Å². The van der Waals surface area contributed by atoms with Crippen molar-refractivity contribution in [3.05, 3.63) is 70.8 Å². The van der Waals surface area contributed by atoms with Crippen molar-refractivity contribution in [1.82, 2.24) is 10.2 Å². The topological polar surface area (TPSA) is 78.8 Å². The van der Waals surface area contributed by atoms with Crippen molar-refractivity contribution >= 4 is 16.4 Å². The maximum absolute atomic E-state index is 12.7. The Morgan fingerprint density at radius 2 is 1.97 bits per heavy atom. The fourth-order valence-corrected chi connectivity index (χ4v) is 4.31. The summed E-state index contributed by atoms with van der Waals surface area (Å²) in [7, 11) is 1.52. The maximum atomic E-state index is 12.7. The van der Waals surface area contributed by atoms with E-state index in [1.165, 1.54) is 11.1 Å². The molecule has 0 saturated heterocycles. The van der Waals surface area contributed by atoms with Gasteiger partial charge in [-0.1, -0.05) is 48.5 Å². The summed E-state index contributed by atoms with van der Waals surface area (Å²) in [6.45, 7) is 0.886. The Balaban J connectivity index is 1.73. The summed E-state index contributed by atoms with van der Waals surface area (Å²) < 4.78 is 26.0. The van der Waals surface area contributed by atoms with Crippen LogP contribution in [0.2, 0.25) is 0 Å². The van der Waals surface area contributed by atoms with Gasteiger partial charge in [-0.15, -0.1) is 0 Å². The van der Waals surface area contributed by atoms with Crippen molar-refractivity contribution in [2.45, 2.75) is 44.3 Å². The van der Waals surface area contributed by atoms with E-state index < -0.39 is 16.5 Å². The summed E-state index contributed by atoms with van der Waals surface area (Å²) in [4.78, 5) is 14.9. The van der Waals surface area contributed by atoms with Crippen LogP contribution in [-0.4, -0.2) is 33.3 Å². The predicted molar refractivity (Wildman–Crippen MR) is 113 cm³/mol. The lowest BCUT2D eigenvalue weighted by atomic mass is 9.86. The van der Waals surface area contributed by atoms with Crippen molar-refractivity contribution in [3.8, 4) is 0 Å². The van der Waals surface area contributed by atoms with Crippen molar-refractivity contribution in [2.24, 2.45) is 4.36 Å². The Morgan fingerprint density at radius 3 is 2.66 bits per heavy atom. The Hall–Kier alpha value is -2.51. The van der Waals surface area contributed by atoms with Gasteiger partial charge in [-0.3, -0.25) is 4.79 Å². The van der Waals surface area contributed by atoms with E-state index in [0.29, 0.717) is 5.56 Å². The fourth-order valence-electron chi connectivity index (χ4n) is 3.91. The minimum absolute atomic E-state index is 0.00252. The average molecular weight is 414 g/mol. The van der Waals surface area contributed by atoms with Gasteiger partial charge in [0, 0.05) is 6.54 Å². The first kappa shape index (κ1) is 21.2. The van der Waals surface area contributed by atoms with E-state index in [9.17, 15) is 13.2 Å². The van der Waals surface area contributed by atoms with Gasteiger partial charge in [0.1, 0.15) is 6.04 Å². The van der Waals surface area contributed by atoms with Gasteiger partial charge in [-0.2, -0.15) is 12.8 Å². The number of rotatable bonds is 7. The molecule has 3 rings (SSSR count). The summed E-state index contributed by atoms with van der Waals surface area (Å²) in [5, 5.41) is 3.10. The van der Waals surface area contributed by atoms with Crippen LogP contribution in [0.3, 0.4) is 0 Å². The molecule has 2 aromatic carbocycles. The second kappa shape index (κ2) is 9.80. The molecule has 1 amide bonds. The monoisotopic (exact) mass is 413 g/mol. The molecule has 6 nitrogen and oxygen atoms in total. The number of carbonyl (C=O) groups is 1. The highest BCUT2D eigenvalue weighted by molar-refractivity contribution is 7.61. The Morgan fingerprint density at radius 1 is 1.21 bits per heavy atom. The number of nitrogens with one attached hydrogen (secondary N) is 1. The molecule has 0 aromatic heterocycles. The van der Waals surface area contributed by atoms with Crippen LogP contribution in [0.15, 0.2) is 52.9 Å². The standard InChI is InChI=1S/C22H27N3O3S/c1-25(2)15-16-11-12-19-18(13-16)9-6-10-20(19)23-22(26)14-21(24-29(27)28)17-7-4-3-5-8-17/h3-5,7-8,11-13,20-21H,6,9-10,14-15H2,1-2H3,(H,23,26). The minimum Gasteiger partial charge on any atom is -0.349 e. The van der Waals surface area contributed by atoms with E-state index in [1.807, 2.05) is 32.3 Å². The van der Waals surface area contributed by atoms with E-state index in [2.05, 4.69) is 32.8 Å². The number of fused-ring (bicyclic) bond motifs is 1. The molecule has 0 bridgehead atoms. The van der Waals surface area contributed by atoms with Crippen LogP contribution in [0.1, 0.15) is 53.6 Å². The molecule has 29 heavy (non-hydrogen) atoms. The molecular formula is C22H27N3O3S. The molecule has 2 atom stereocenters. The van der Waals surface area contributed by atoms with E-state index in [0.717, 1.165) is 31.4 Å². The highest BCUT2D eigenvalue weighted by atomic mass is 32.2. The number of hydrogen-bond donors (Lipinski definition) is 1. The molecule has 0 radical (unpaired) electrons. The highest BCUT2D eigenvalue weighted by Crippen LogP contribution is 2.31. The summed E-state index contributed by atoms with van der Waals surface area (Å²) in [5.74, 6) is -0.191. The molecule has 0 saturated carbocycles. The third-order valence-electron chi connectivity index (χ3n) is 5.13. The molecule has 2 aromatic rings. The van der Waals surface area contributed by atoms with E-state index in [-0.39, 0.29) is 18.4 Å². The maximum Gasteiger partial charge on any atom is 0.311 e. The molecule has 0 spiro atoms. The van der Waals surface area contributed by atoms with Gasteiger partial charge in [0.2, 0.25) is 5.91 Å². The van der Waals surface area contributed by atoms with Gasteiger partial charge >= 0.3 is 10.5 Å². The first-order chi connectivity index (χ1) is 13.9. The largest absolute Gasteiger partial charge is 0.349 e. The summed E-state index contributed by atoms with van der Waals surface area (Å²) in [5.41, 5.74) is 4.42. The lowest BCUT2D eigenvalue weighted by Gasteiger charge is -2.27. The molecule has 0 fully saturated rings. The number of nitrogens with zero attached hydrogens (tertiary/aromatic N) is 2. The predicted octanol–water partition coefficient (Wildman–Crippen LogP) is 3.44. The second-order valence-corrected chi connectivity index (χ2v) is 8.38. The van der Waals surface area contributed by atoms with Gasteiger partial charge < -0.3 is 10.2 Å². The first-order valence-electron chi connectivity index (χ1n) is 9.83. The second-order valence-electron chi connectivity index (χ2n) is 7.74. The summed E-state index contributed by atoms with van der Waals surface area (Å²) >= 11 is 0. The lowest BCUT2D eigenvalue weighted by molar-refractivity contribution is -0.122. The van der Waals surface area contributed by atoms with Crippen LogP contribution in [0.5, 0.6) is 0 Å². The zero-order valence-corrected chi connectivity index (χ0v) is 17.7. The molecule has 1 N–H and O–H groups in total. The Bertz CT molecular complexity index is 980. The van der Waals surface area contributed by atoms with Crippen LogP contribution in [0.25, 0.3) is 0 Å². The number of aryl methyl sites for hydroxylation is 1. The number of benzene rings is 2. The number of carbonyl (C=O) groups excluding carboxylic acids is 1. The molecule has 1 aliphatic rings. The molecule has 0 heterocycles. The molecular weight excluding hydrogens is 386 g/mol. The molecule has 0 aliphatic heterocycles. The van der Waals surface area contributed by atoms with Gasteiger partial charge in [-0.05, 0) is 55.6 Å². The molecule has 2 unspecified atom stereocenters. The van der Waals surface area contributed by atoms with Gasteiger partial charge in [0.15, 0.2) is 0 Å². The van der Waals surface area contributed by atoms with Crippen molar-refractivity contribution in [3.63, 3.8) is 0 Å². The summed E-state index contributed by atoms with van der Waals surface area (Å²) in [6.07, 6.45) is 2.91. The lowest BCUT2D eigenvalue weighted by Crippen LogP contribution is -2.31. The van der Waals surface area contributed by atoms with Crippen LogP contribution in [0.4, 0.5) is 0 Å². The van der Waals surface area contributed by atoms with Crippen molar-refractivity contribution in [2.75, 3.05) is 14.1 Å². The van der Waals surface area contributed by atoms with Gasteiger partial charge in [0.05, 0.1) is 12.5 Å². The molecule has 7 heteroatoms. The SMILES string of the molecule is CN(C)Cc1ccc2c(c1)CCCC2NC(=O)CC(N=S(=O)=O)c1ccccc1. The quantitative estimate of drug-likeness (QED) is 0.754. The van der Waals surface area contributed by atoms with Crippen LogP contribution >= 0.6 is 0 Å². The third-order valence-corrected chi connectivity index (χ3v) is 5.56. The summed E-state index contributed by atoms with van der Waals surface area (Å²) in [6, 6.07) is 14.8. The van der Waals surface area contributed by atoms with Gasteiger partial charge in [-0.25, -0.2) is 0 Å². The molecule has 154 valence electrons. The normalized spacial score (nSPS) is 16.7. The van der Waals surface area contributed by atoms with E-state index >= 15 is 0 Å². The Kier molecular flexibility index (Phi) is 7.17. The minimum atomic E-state index is -2.57. The van der Waals surface area contributed by atoms with E-state index in [1.54, 1.807) is 12.1 Å².